The maximum Gasteiger partial charge on any atom is 0.298 e. The van der Waals surface area contributed by atoms with Crippen LogP contribution in [-0.2, 0) is 9.16 Å². The van der Waals surface area contributed by atoms with Crippen molar-refractivity contribution in [3.8, 4) is 5.69 Å². The first-order valence-electron chi connectivity index (χ1n) is 10.2. The van der Waals surface area contributed by atoms with Gasteiger partial charge in [-0.1, -0.05) is 26.8 Å². The second kappa shape index (κ2) is 9.19. The van der Waals surface area contributed by atoms with Gasteiger partial charge in [0.15, 0.2) is 14.1 Å². The number of nitrogens with zero attached hydrogens (tertiary/aromatic N) is 5. The summed E-state index contributed by atoms with van der Waals surface area (Å²) in [5, 5.41) is 0.156. The second-order valence-corrected chi connectivity index (χ2v) is 13.6. The lowest BCUT2D eigenvalue weighted by molar-refractivity contribution is 0.122. The van der Waals surface area contributed by atoms with E-state index in [1.54, 1.807) is 23.2 Å². The fraction of sp³-hybridized carbons (Fsp3) is 0.524. The van der Waals surface area contributed by atoms with E-state index < -0.39 is 8.32 Å². The number of hydrogen-bond donors (Lipinski definition) is 0. The molecule has 0 amide bonds. The molecule has 9 heteroatoms. The van der Waals surface area contributed by atoms with Crippen molar-refractivity contribution in [2.75, 3.05) is 37.8 Å². The van der Waals surface area contributed by atoms with Gasteiger partial charge in [0.25, 0.3) is 5.56 Å². The average Bonchev–Trinajstić information content (AvgIpc) is 2.72. The van der Waals surface area contributed by atoms with E-state index in [1.807, 2.05) is 17.1 Å². The van der Waals surface area contributed by atoms with E-state index in [-0.39, 0.29) is 10.6 Å². The van der Waals surface area contributed by atoms with E-state index in [9.17, 15) is 4.79 Å². The topological polar surface area (TPSA) is 82.4 Å². The van der Waals surface area contributed by atoms with Crippen LogP contribution in [0.4, 0.5) is 5.82 Å². The van der Waals surface area contributed by atoms with Crippen molar-refractivity contribution in [1.82, 2.24) is 19.5 Å². The summed E-state index contributed by atoms with van der Waals surface area (Å²) in [5.74, 6) is 0.412. The zero-order chi connectivity index (χ0) is 21.8. The van der Waals surface area contributed by atoms with Crippen LogP contribution in [-0.4, -0.2) is 60.7 Å². The highest BCUT2D eigenvalue weighted by molar-refractivity contribution is 6.74. The summed E-state index contributed by atoms with van der Waals surface area (Å²) >= 11 is 0. The predicted octanol–water partition coefficient (Wildman–Crippen LogP) is 2.89. The fourth-order valence-corrected chi connectivity index (χ4v) is 3.75. The number of anilines is 1. The van der Waals surface area contributed by atoms with Gasteiger partial charge in [0.05, 0.1) is 43.6 Å². The molecule has 30 heavy (non-hydrogen) atoms. The average molecular weight is 430 g/mol. The fourth-order valence-electron chi connectivity index (χ4n) is 2.81. The summed E-state index contributed by atoms with van der Waals surface area (Å²) in [6.45, 7) is 14.1. The summed E-state index contributed by atoms with van der Waals surface area (Å²) in [7, 11) is -1.82. The first-order chi connectivity index (χ1) is 14.2. The van der Waals surface area contributed by atoms with Crippen molar-refractivity contribution in [3.05, 3.63) is 47.0 Å². The molecular weight excluding hydrogens is 398 g/mol. The Labute approximate surface area is 178 Å². The Morgan fingerprint density at radius 2 is 1.87 bits per heavy atom. The Hall–Kier alpha value is -2.36. The van der Waals surface area contributed by atoms with Crippen LogP contribution in [0.3, 0.4) is 0 Å². The number of rotatable bonds is 6. The Morgan fingerprint density at radius 3 is 2.50 bits per heavy atom. The Bertz CT molecular complexity index is 932. The molecule has 0 aliphatic carbocycles. The SMILES string of the molecule is CC(C)(C)[Si](C)(C)OC/C=C/c1cn(-c2cncnc2)c(=O)c(N2CCOCC2)n1. The van der Waals surface area contributed by atoms with Crippen LogP contribution < -0.4 is 10.5 Å². The molecule has 0 aromatic carbocycles. The highest BCUT2D eigenvalue weighted by Gasteiger charge is 2.36. The normalized spacial score (nSPS) is 15.7. The second-order valence-electron chi connectivity index (χ2n) is 8.83. The first kappa shape index (κ1) is 22.3. The Balaban J connectivity index is 1.89. The standard InChI is InChI=1S/C21H31N5O3Si/c1-21(2,3)30(4,5)29-10-6-7-17-15-26(18-13-22-16-23-14-18)20(27)19(24-17)25-8-11-28-12-9-25/h6-7,13-16H,8-12H2,1-5H3/b7-6+. The van der Waals surface area contributed by atoms with Crippen molar-refractivity contribution in [1.29, 1.82) is 0 Å². The molecule has 0 saturated carbocycles. The minimum absolute atomic E-state index is 0.156. The Kier molecular flexibility index (Phi) is 6.84. The van der Waals surface area contributed by atoms with Crippen molar-refractivity contribution in [3.63, 3.8) is 0 Å². The zero-order valence-electron chi connectivity index (χ0n) is 18.5. The molecule has 8 nitrogen and oxygen atoms in total. The van der Waals surface area contributed by atoms with Crippen LogP contribution in [0.2, 0.25) is 18.1 Å². The van der Waals surface area contributed by atoms with Gasteiger partial charge in [0.2, 0.25) is 0 Å². The molecule has 1 aliphatic rings. The van der Waals surface area contributed by atoms with E-state index in [0.717, 1.165) is 0 Å². The van der Waals surface area contributed by atoms with Gasteiger partial charge >= 0.3 is 0 Å². The molecule has 0 radical (unpaired) electrons. The van der Waals surface area contributed by atoms with Crippen molar-refractivity contribution in [2.24, 2.45) is 0 Å². The highest BCUT2D eigenvalue weighted by atomic mass is 28.4. The van der Waals surface area contributed by atoms with Gasteiger partial charge in [0, 0.05) is 19.3 Å². The predicted molar refractivity (Wildman–Crippen MR) is 121 cm³/mol. The van der Waals surface area contributed by atoms with Gasteiger partial charge in [-0.05, 0) is 24.2 Å². The molecule has 1 aliphatic heterocycles. The zero-order valence-corrected chi connectivity index (χ0v) is 19.5. The third-order valence-corrected chi connectivity index (χ3v) is 10.2. The lowest BCUT2D eigenvalue weighted by atomic mass is 10.2. The van der Waals surface area contributed by atoms with Gasteiger partial charge < -0.3 is 14.1 Å². The minimum atomic E-state index is -1.82. The van der Waals surface area contributed by atoms with E-state index in [1.165, 1.54) is 6.33 Å². The van der Waals surface area contributed by atoms with Crippen LogP contribution in [0.1, 0.15) is 26.5 Å². The molecule has 3 rings (SSSR count). The van der Waals surface area contributed by atoms with Crippen molar-refractivity contribution < 1.29 is 9.16 Å². The summed E-state index contributed by atoms with van der Waals surface area (Å²) in [6, 6.07) is 0. The molecule has 0 unspecified atom stereocenters. The van der Waals surface area contributed by atoms with Crippen LogP contribution in [0.15, 0.2) is 35.8 Å². The molecule has 2 aromatic heterocycles. The molecule has 1 saturated heterocycles. The molecule has 0 N–H and O–H groups in total. The van der Waals surface area contributed by atoms with Crippen LogP contribution in [0, 0.1) is 0 Å². The summed E-state index contributed by atoms with van der Waals surface area (Å²) < 4.78 is 13.2. The summed E-state index contributed by atoms with van der Waals surface area (Å²) in [6.07, 6.45) is 10.3. The van der Waals surface area contributed by atoms with Gasteiger partial charge in [-0.2, -0.15) is 0 Å². The summed E-state index contributed by atoms with van der Waals surface area (Å²) in [4.78, 5) is 27.8. The molecule has 162 valence electrons. The monoisotopic (exact) mass is 429 g/mol. The van der Waals surface area contributed by atoms with E-state index in [2.05, 4.69) is 48.8 Å². The molecule has 1 fully saturated rings. The third-order valence-electron chi connectivity index (χ3n) is 5.68. The largest absolute Gasteiger partial charge is 0.413 e. The molecule has 0 spiro atoms. The molecular formula is C21H31N5O3Si. The van der Waals surface area contributed by atoms with Crippen molar-refractivity contribution in [2.45, 2.75) is 38.9 Å². The van der Waals surface area contributed by atoms with Gasteiger partial charge in [0.1, 0.15) is 6.33 Å². The molecule has 0 atom stereocenters. The summed E-state index contributed by atoms with van der Waals surface area (Å²) in [5.41, 5.74) is 1.09. The molecule has 2 aromatic rings. The Morgan fingerprint density at radius 1 is 1.20 bits per heavy atom. The number of aromatic nitrogens is 4. The van der Waals surface area contributed by atoms with Crippen LogP contribution in [0.25, 0.3) is 11.8 Å². The minimum Gasteiger partial charge on any atom is -0.413 e. The highest BCUT2D eigenvalue weighted by Crippen LogP contribution is 2.36. The maximum atomic E-state index is 13.1. The number of ether oxygens (including phenoxy) is 1. The van der Waals surface area contributed by atoms with Gasteiger partial charge in [-0.3, -0.25) is 9.36 Å². The molecule has 3 heterocycles. The lowest BCUT2D eigenvalue weighted by Gasteiger charge is -2.35. The molecule has 0 bridgehead atoms. The van der Waals surface area contributed by atoms with Crippen molar-refractivity contribution >= 4 is 20.2 Å². The first-order valence-corrected chi connectivity index (χ1v) is 13.1. The van der Waals surface area contributed by atoms with Gasteiger partial charge in [-0.15, -0.1) is 0 Å². The quantitative estimate of drug-likeness (QED) is 0.653. The van der Waals surface area contributed by atoms with E-state index in [4.69, 9.17) is 9.16 Å². The number of hydrogen-bond acceptors (Lipinski definition) is 7. The van der Waals surface area contributed by atoms with Crippen LogP contribution in [0.5, 0.6) is 0 Å². The van der Waals surface area contributed by atoms with Crippen LogP contribution >= 0.6 is 0 Å². The van der Waals surface area contributed by atoms with E-state index >= 15 is 0 Å². The smallest absolute Gasteiger partial charge is 0.298 e. The third kappa shape index (κ3) is 5.21. The lowest BCUT2D eigenvalue weighted by Crippen LogP contribution is -2.41. The number of morpholine rings is 1. The maximum absolute atomic E-state index is 13.1. The van der Waals surface area contributed by atoms with E-state index in [0.29, 0.717) is 50.1 Å². The van der Waals surface area contributed by atoms with Gasteiger partial charge in [-0.25, -0.2) is 15.0 Å².